The van der Waals surface area contributed by atoms with Gasteiger partial charge in [0.05, 0.1) is 0 Å². The van der Waals surface area contributed by atoms with Crippen LogP contribution in [0.15, 0.2) is 18.2 Å². The highest BCUT2D eigenvalue weighted by molar-refractivity contribution is 7.80. The summed E-state index contributed by atoms with van der Waals surface area (Å²) >= 11 is 11.4. The van der Waals surface area contributed by atoms with Gasteiger partial charge in [-0.25, -0.2) is 0 Å². The smallest absolute Gasteiger partial charge is 0.168 e. The molecule has 3 nitrogen and oxygen atoms in total. The van der Waals surface area contributed by atoms with Crippen molar-refractivity contribution < 1.29 is 0 Å². The molecule has 1 aliphatic rings. The second-order valence-electron chi connectivity index (χ2n) is 4.46. The molecule has 1 fully saturated rings. The lowest BCUT2D eigenvalue weighted by Crippen LogP contribution is -2.51. The largest absolute Gasteiger partial charge is 0.368 e. The van der Waals surface area contributed by atoms with Gasteiger partial charge in [-0.05, 0) is 36.8 Å². The number of benzene rings is 1. The quantitative estimate of drug-likeness (QED) is 0.797. The van der Waals surface area contributed by atoms with E-state index in [1.807, 2.05) is 20.0 Å². The van der Waals surface area contributed by atoms with Gasteiger partial charge < -0.3 is 15.1 Å². The molecule has 1 heterocycles. The minimum Gasteiger partial charge on any atom is -0.368 e. The second-order valence-corrected chi connectivity index (χ2v) is 5.26. The van der Waals surface area contributed by atoms with Crippen molar-refractivity contribution in [1.29, 1.82) is 0 Å². The Morgan fingerprint density at radius 3 is 2.50 bits per heavy atom. The lowest BCUT2D eigenvalue weighted by molar-refractivity contribution is 0.383. The molecule has 5 heteroatoms. The maximum atomic E-state index is 6.17. The molecule has 18 heavy (non-hydrogen) atoms. The maximum Gasteiger partial charge on any atom is 0.168 e. The van der Waals surface area contributed by atoms with Crippen LogP contribution in [-0.4, -0.2) is 43.2 Å². The van der Waals surface area contributed by atoms with E-state index < -0.39 is 0 Å². The van der Waals surface area contributed by atoms with E-state index in [4.69, 9.17) is 23.8 Å². The van der Waals surface area contributed by atoms with E-state index in [1.165, 1.54) is 5.69 Å². The number of thiocarbonyl (C=S) groups is 1. The lowest BCUT2D eigenvalue weighted by Gasteiger charge is -2.37. The molecule has 0 unspecified atom stereocenters. The number of halogens is 1. The summed E-state index contributed by atoms with van der Waals surface area (Å²) in [7, 11) is 1.87. The van der Waals surface area contributed by atoms with Gasteiger partial charge in [0.1, 0.15) is 0 Å². The average Bonchev–Trinajstić information content (AvgIpc) is 2.41. The van der Waals surface area contributed by atoms with Crippen LogP contribution < -0.4 is 10.2 Å². The molecule has 0 atom stereocenters. The molecule has 0 spiro atoms. The molecule has 98 valence electrons. The van der Waals surface area contributed by atoms with Crippen molar-refractivity contribution in [2.75, 3.05) is 38.1 Å². The highest BCUT2D eigenvalue weighted by Gasteiger charge is 2.18. The molecule has 0 saturated carbocycles. The van der Waals surface area contributed by atoms with E-state index in [2.05, 4.69) is 27.2 Å². The van der Waals surface area contributed by atoms with Crippen LogP contribution >= 0.6 is 23.8 Å². The van der Waals surface area contributed by atoms with E-state index in [0.29, 0.717) is 0 Å². The zero-order chi connectivity index (χ0) is 13.1. The van der Waals surface area contributed by atoms with Crippen LogP contribution in [-0.2, 0) is 0 Å². The molecule has 0 radical (unpaired) electrons. The number of anilines is 1. The molecule has 1 N–H and O–H groups in total. The molecular weight excluding hydrogens is 266 g/mol. The number of piperazine rings is 1. The number of hydrogen-bond donors (Lipinski definition) is 1. The van der Waals surface area contributed by atoms with Gasteiger partial charge in [0.15, 0.2) is 5.11 Å². The standard InChI is InChI=1S/C13H18ClN3S/c1-10-3-4-11(9-12(10)14)16-5-7-17(8-6-16)13(18)15-2/h3-4,9H,5-8H2,1-2H3,(H,15,18). The van der Waals surface area contributed by atoms with Gasteiger partial charge in [-0.3, -0.25) is 0 Å². The Bertz CT molecular complexity index is 442. The van der Waals surface area contributed by atoms with Crippen molar-refractivity contribution in [3.05, 3.63) is 28.8 Å². The molecule has 2 rings (SSSR count). The zero-order valence-corrected chi connectivity index (χ0v) is 12.3. The van der Waals surface area contributed by atoms with Gasteiger partial charge in [0.2, 0.25) is 0 Å². The summed E-state index contributed by atoms with van der Waals surface area (Å²) in [6, 6.07) is 6.25. The first kappa shape index (κ1) is 13.4. The van der Waals surface area contributed by atoms with Crippen molar-refractivity contribution in [3.63, 3.8) is 0 Å². The van der Waals surface area contributed by atoms with Gasteiger partial charge in [-0.1, -0.05) is 17.7 Å². The van der Waals surface area contributed by atoms with Crippen LogP contribution in [0.1, 0.15) is 5.56 Å². The zero-order valence-electron chi connectivity index (χ0n) is 10.7. The van der Waals surface area contributed by atoms with Crippen LogP contribution in [0.3, 0.4) is 0 Å². The molecule has 1 aliphatic heterocycles. The Balaban J connectivity index is 2.01. The third-order valence-electron chi connectivity index (χ3n) is 3.30. The minimum absolute atomic E-state index is 0.830. The Kier molecular flexibility index (Phi) is 4.30. The number of nitrogens with zero attached hydrogens (tertiary/aromatic N) is 2. The molecule has 0 bridgehead atoms. The van der Waals surface area contributed by atoms with Gasteiger partial charge in [-0.15, -0.1) is 0 Å². The summed E-state index contributed by atoms with van der Waals surface area (Å²) < 4.78 is 0. The summed E-state index contributed by atoms with van der Waals surface area (Å²) in [5.41, 5.74) is 2.32. The van der Waals surface area contributed by atoms with Crippen LogP contribution in [0.2, 0.25) is 5.02 Å². The Labute approximate surface area is 119 Å². The Morgan fingerprint density at radius 2 is 1.94 bits per heavy atom. The average molecular weight is 284 g/mol. The van der Waals surface area contributed by atoms with Crippen molar-refractivity contribution >= 4 is 34.6 Å². The third-order valence-corrected chi connectivity index (χ3v) is 4.17. The number of aryl methyl sites for hydroxylation is 1. The third kappa shape index (κ3) is 2.87. The molecule has 0 aliphatic carbocycles. The molecule has 1 aromatic rings. The summed E-state index contributed by atoms with van der Waals surface area (Å²) in [5, 5.41) is 4.69. The number of rotatable bonds is 1. The van der Waals surface area contributed by atoms with E-state index in [-0.39, 0.29) is 0 Å². The topological polar surface area (TPSA) is 18.5 Å². The van der Waals surface area contributed by atoms with E-state index >= 15 is 0 Å². The second kappa shape index (κ2) is 5.76. The maximum absolute atomic E-state index is 6.17. The van der Waals surface area contributed by atoms with E-state index in [9.17, 15) is 0 Å². The first-order valence-corrected chi connectivity index (χ1v) is 6.88. The summed E-state index contributed by atoms with van der Waals surface area (Å²) in [6.07, 6.45) is 0. The molecule has 0 amide bonds. The normalized spacial score (nSPS) is 15.7. The fourth-order valence-corrected chi connectivity index (χ4v) is 2.46. The minimum atomic E-state index is 0.830. The molecular formula is C13H18ClN3S. The first-order valence-electron chi connectivity index (χ1n) is 6.09. The Hall–Kier alpha value is -1.00. The highest BCUT2D eigenvalue weighted by Crippen LogP contribution is 2.23. The van der Waals surface area contributed by atoms with Crippen molar-refractivity contribution in [1.82, 2.24) is 10.2 Å². The summed E-state index contributed by atoms with van der Waals surface area (Å²) in [6.45, 7) is 5.87. The summed E-state index contributed by atoms with van der Waals surface area (Å²) in [4.78, 5) is 4.54. The number of hydrogen-bond acceptors (Lipinski definition) is 2. The molecule has 1 saturated heterocycles. The van der Waals surface area contributed by atoms with Crippen molar-refractivity contribution in [2.24, 2.45) is 0 Å². The lowest BCUT2D eigenvalue weighted by atomic mass is 10.2. The van der Waals surface area contributed by atoms with Crippen molar-refractivity contribution in [2.45, 2.75) is 6.92 Å². The predicted octanol–water partition coefficient (Wildman–Crippen LogP) is 2.27. The molecule has 0 aromatic heterocycles. The van der Waals surface area contributed by atoms with E-state index in [1.54, 1.807) is 0 Å². The van der Waals surface area contributed by atoms with Crippen molar-refractivity contribution in [3.8, 4) is 0 Å². The monoisotopic (exact) mass is 283 g/mol. The predicted molar refractivity (Wildman–Crippen MR) is 81.6 cm³/mol. The SMILES string of the molecule is CNC(=S)N1CCN(c2ccc(C)c(Cl)c2)CC1. The highest BCUT2D eigenvalue weighted by atomic mass is 35.5. The van der Waals surface area contributed by atoms with Gasteiger partial charge in [0.25, 0.3) is 0 Å². The van der Waals surface area contributed by atoms with Crippen LogP contribution in [0.5, 0.6) is 0 Å². The van der Waals surface area contributed by atoms with Gasteiger partial charge >= 0.3 is 0 Å². The molecule has 1 aromatic carbocycles. The Morgan fingerprint density at radius 1 is 1.28 bits per heavy atom. The summed E-state index contributed by atoms with van der Waals surface area (Å²) in [5.74, 6) is 0. The first-order chi connectivity index (χ1) is 8.61. The van der Waals surface area contributed by atoms with Crippen LogP contribution in [0.4, 0.5) is 5.69 Å². The van der Waals surface area contributed by atoms with E-state index in [0.717, 1.165) is 41.9 Å². The number of nitrogens with one attached hydrogen (secondary N) is 1. The van der Waals surface area contributed by atoms with Gasteiger partial charge in [0, 0.05) is 43.9 Å². The van der Waals surface area contributed by atoms with Crippen LogP contribution in [0.25, 0.3) is 0 Å². The van der Waals surface area contributed by atoms with Gasteiger partial charge in [-0.2, -0.15) is 0 Å². The fraction of sp³-hybridized carbons (Fsp3) is 0.462. The fourth-order valence-electron chi connectivity index (χ4n) is 2.10. The van der Waals surface area contributed by atoms with Crippen LogP contribution in [0, 0.1) is 6.92 Å².